The van der Waals surface area contributed by atoms with Crippen LogP contribution in [0.4, 0.5) is 4.39 Å². The highest BCUT2D eigenvalue weighted by atomic mass is 32.2. The number of fused-ring (bicyclic) bond motifs is 2. The van der Waals surface area contributed by atoms with E-state index in [9.17, 15) is 17.6 Å². The zero-order chi connectivity index (χ0) is 25.8. The van der Waals surface area contributed by atoms with Crippen molar-refractivity contribution in [3.63, 3.8) is 0 Å². The number of aromatic nitrogens is 4. The van der Waals surface area contributed by atoms with Crippen molar-refractivity contribution in [3.8, 4) is 5.69 Å². The molecular formula is C28H27FN4O3S. The molecule has 2 aliphatic rings. The molecule has 190 valence electrons. The Morgan fingerprint density at radius 2 is 1.86 bits per heavy atom. The van der Waals surface area contributed by atoms with Crippen LogP contribution in [0.25, 0.3) is 5.69 Å². The second kappa shape index (κ2) is 8.76. The third-order valence-electron chi connectivity index (χ3n) is 8.12. The molecule has 0 N–H and O–H groups in total. The number of halogens is 1. The van der Waals surface area contributed by atoms with Crippen molar-refractivity contribution in [2.24, 2.45) is 18.4 Å². The lowest BCUT2D eigenvalue weighted by Crippen LogP contribution is -2.51. The number of carbonyl (C=O) groups excluding carboxylic acids is 1. The largest absolute Gasteiger partial charge is 0.321 e. The molecule has 0 radical (unpaired) electrons. The molecule has 37 heavy (non-hydrogen) atoms. The van der Waals surface area contributed by atoms with E-state index in [0.29, 0.717) is 31.4 Å². The van der Waals surface area contributed by atoms with Crippen LogP contribution in [0.5, 0.6) is 0 Å². The molecule has 0 saturated heterocycles. The zero-order valence-electron chi connectivity index (χ0n) is 20.4. The van der Waals surface area contributed by atoms with Crippen LogP contribution in [-0.4, -0.2) is 38.8 Å². The van der Waals surface area contributed by atoms with E-state index in [1.165, 1.54) is 22.9 Å². The number of pyridine rings is 1. The van der Waals surface area contributed by atoms with E-state index in [4.69, 9.17) is 0 Å². The molecule has 1 fully saturated rings. The zero-order valence-corrected chi connectivity index (χ0v) is 21.2. The number of benzene rings is 1. The molecule has 1 unspecified atom stereocenters. The number of nitrogens with zero attached hydrogens (tertiary/aromatic N) is 4. The molecule has 4 aromatic rings. The van der Waals surface area contributed by atoms with Crippen LogP contribution >= 0.6 is 0 Å². The first-order valence-corrected chi connectivity index (χ1v) is 14.0. The maximum atomic E-state index is 14.2. The first kappa shape index (κ1) is 23.8. The Hall–Kier alpha value is -3.59. The van der Waals surface area contributed by atoms with Gasteiger partial charge in [0.15, 0.2) is 20.6 Å². The van der Waals surface area contributed by atoms with E-state index < -0.39 is 20.5 Å². The highest BCUT2D eigenvalue weighted by Gasteiger charge is 2.55. The molecule has 3 heterocycles. The van der Waals surface area contributed by atoms with Gasteiger partial charge in [0.25, 0.3) is 0 Å². The molecule has 3 atom stereocenters. The molecule has 6 rings (SSSR count). The molecule has 7 nitrogen and oxygen atoms in total. The van der Waals surface area contributed by atoms with Gasteiger partial charge >= 0.3 is 0 Å². The maximum Gasteiger partial charge on any atom is 0.200 e. The Kier molecular flexibility index (Phi) is 5.63. The second-order valence-electron chi connectivity index (χ2n) is 10.2. The third kappa shape index (κ3) is 3.92. The van der Waals surface area contributed by atoms with Gasteiger partial charge in [-0.15, -0.1) is 0 Å². The molecule has 0 amide bonds. The summed E-state index contributed by atoms with van der Waals surface area (Å²) in [6, 6.07) is 15.2. The Morgan fingerprint density at radius 3 is 2.57 bits per heavy atom. The Balaban J connectivity index is 1.43. The number of carbonyl (C=O) groups is 1. The van der Waals surface area contributed by atoms with Crippen LogP contribution in [0.15, 0.2) is 78.2 Å². The van der Waals surface area contributed by atoms with Crippen LogP contribution in [0, 0.1) is 17.2 Å². The number of aryl methyl sites for hydroxylation is 1. The minimum absolute atomic E-state index is 0.0428. The van der Waals surface area contributed by atoms with Crippen molar-refractivity contribution in [3.05, 3.63) is 96.0 Å². The van der Waals surface area contributed by atoms with Gasteiger partial charge in [-0.1, -0.05) is 6.07 Å². The highest BCUT2D eigenvalue weighted by Crippen LogP contribution is 2.53. The van der Waals surface area contributed by atoms with E-state index in [0.717, 1.165) is 16.9 Å². The van der Waals surface area contributed by atoms with Gasteiger partial charge in [-0.3, -0.25) is 14.5 Å². The highest BCUT2D eigenvalue weighted by molar-refractivity contribution is 7.92. The minimum Gasteiger partial charge on any atom is -0.321 e. The summed E-state index contributed by atoms with van der Waals surface area (Å²) in [6.07, 6.45) is 7.54. The summed E-state index contributed by atoms with van der Waals surface area (Å²) in [6.45, 7) is 0. The van der Waals surface area contributed by atoms with Gasteiger partial charge in [0, 0.05) is 42.4 Å². The topological polar surface area (TPSA) is 86.9 Å². The van der Waals surface area contributed by atoms with Gasteiger partial charge in [-0.25, -0.2) is 12.8 Å². The van der Waals surface area contributed by atoms with Crippen molar-refractivity contribution < 1.29 is 17.6 Å². The van der Waals surface area contributed by atoms with E-state index in [1.807, 2.05) is 12.3 Å². The van der Waals surface area contributed by atoms with Crippen molar-refractivity contribution in [1.29, 1.82) is 0 Å². The fourth-order valence-electron chi connectivity index (χ4n) is 6.26. The van der Waals surface area contributed by atoms with E-state index in [-0.39, 0.29) is 29.0 Å². The Labute approximate surface area is 214 Å². The molecule has 9 heteroatoms. The third-order valence-corrected chi connectivity index (χ3v) is 10.2. The molecule has 3 aromatic heterocycles. The quantitative estimate of drug-likeness (QED) is 0.367. The average molecular weight is 519 g/mol. The SMILES string of the molecule is Cn1ccc(S(=O)(=O)[C@H]2CCC3Cc4c(ccn4-c4ccc(F)cc4)C[C@]3(C(=O)c3ccccn3)C2)n1. The number of Topliss-reactive ketones (excluding diaryl/α,β-unsaturated/α-hetero) is 1. The van der Waals surface area contributed by atoms with Gasteiger partial charge in [-0.05, 0) is 92.1 Å². The fourth-order valence-corrected chi connectivity index (χ4v) is 8.05. The van der Waals surface area contributed by atoms with Crippen molar-refractivity contribution in [2.75, 3.05) is 0 Å². The van der Waals surface area contributed by atoms with Gasteiger partial charge in [0.05, 0.1) is 5.25 Å². The summed E-state index contributed by atoms with van der Waals surface area (Å²) >= 11 is 0. The van der Waals surface area contributed by atoms with Crippen LogP contribution in [-0.2, 0) is 29.7 Å². The lowest BCUT2D eigenvalue weighted by Gasteiger charge is -2.48. The Bertz CT molecular complexity index is 1580. The Morgan fingerprint density at radius 1 is 1.05 bits per heavy atom. The van der Waals surface area contributed by atoms with Crippen LogP contribution in [0.2, 0.25) is 0 Å². The average Bonchev–Trinajstić information content (AvgIpc) is 3.53. The predicted octanol–water partition coefficient (Wildman–Crippen LogP) is 4.36. The molecule has 1 saturated carbocycles. The predicted molar refractivity (Wildman–Crippen MR) is 136 cm³/mol. The normalized spacial score (nSPS) is 23.3. The maximum absolute atomic E-state index is 14.2. The van der Waals surface area contributed by atoms with Gasteiger partial charge in [0.2, 0.25) is 0 Å². The first-order chi connectivity index (χ1) is 17.8. The summed E-state index contributed by atoms with van der Waals surface area (Å²) < 4.78 is 44.3. The summed E-state index contributed by atoms with van der Waals surface area (Å²) in [5, 5.41) is 3.52. The van der Waals surface area contributed by atoms with Gasteiger partial charge in [-0.2, -0.15) is 5.10 Å². The van der Waals surface area contributed by atoms with Crippen LogP contribution in [0.3, 0.4) is 0 Å². The lowest BCUT2D eigenvalue weighted by molar-refractivity contribution is 0.0487. The van der Waals surface area contributed by atoms with Crippen LogP contribution < -0.4 is 0 Å². The minimum atomic E-state index is -3.71. The molecule has 0 bridgehead atoms. The molecule has 1 aromatic carbocycles. The monoisotopic (exact) mass is 518 g/mol. The fraction of sp³-hybridized carbons (Fsp3) is 0.321. The summed E-state index contributed by atoms with van der Waals surface area (Å²) in [5.41, 5.74) is 2.44. The second-order valence-corrected chi connectivity index (χ2v) is 12.4. The molecular weight excluding hydrogens is 491 g/mol. The van der Waals surface area contributed by atoms with Crippen molar-refractivity contribution >= 4 is 15.6 Å². The van der Waals surface area contributed by atoms with E-state index in [2.05, 4.69) is 14.6 Å². The summed E-state index contributed by atoms with van der Waals surface area (Å²) in [7, 11) is -2.02. The summed E-state index contributed by atoms with van der Waals surface area (Å²) in [4.78, 5) is 18.5. The number of hydrogen-bond acceptors (Lipinski definition) is 5. The molecule has 2 aliphatic carbocycles. The number of ketones is 1. The van der Waals surface area contributed by atoms with E-state index in [1.54, 1.807) is 49.8 Å². The molecule has 0 aliphatic heterocycles. The number of rotatable bonds is 5. The van der Waals surface area contributed by atoms with Crippen LogP contribution in [0.1, 0.15) is 41.0 Å². The number of hydrogen-bond donors (Lipinski definition) is 0. The first-order valence-electron chi connectivity index (χ1n) is 12.4. The molecule has 0 spiro atoms. The standard InChI is InChI=1S/C28H27FN4O3S/c1-32-14-12-26(31-32)37(35,36)23-10-5-20-16-25-19(11-15-33(25)22-8-6-21(29)7-9-22)17-28(20,18-23)27(34)24-4-2-3-13-30-24/h2-4,6-9,11-15,20,23H,5,10,16-18H2,1H3/t20?,23-,28-/m0/s1. The van der Waals surface area contributed by atoms with Crippen molar-refractivity contribution in [2.45, 2.75) is 42.4 Å². The van der Waals surface area contributed by atoms with Crippen molar-refractivity contribution in [1.82, 2.24) is 19.3 Å². The van der Waals surface area contributed by atoms with E-state index >= 15 is 0 Å². The summed E-state index contributed by atoms with van der Waals surface area (Å²) in [5.74, 6) is -0.435. The number of sulfone groups is 1. The van der Waals surface area contributed by atoms with Gasteiger partial charge < -0.3 is 4.57 Å². The smallest absolute Gasteiger partial charge is 0.200 e. The van der Waals surface area contributed by atoms with Gasteiger partial charge in [0.1, 0.15) is 11.5 Å². The lowest BCUT2D eigenvalue weighted by atomic mass is 9.56.